The van der Waals surface area contributed by atoms with Gasteiger partial charge in [0, 0.05) is 7.11 Å². The van der Waals surface area contributed by atoms with Gasteiger partial charge in [0.25, 0.3) is 0 Å². The fraction of sp³-hybridized carbons (Fsp3) is 1.00. The van der Waals surface area contributed by atoms with E-state index < -0.39 is 42.7 Å². The van der Waals surface area contributed by atoms with Crippen LogP contribution in [0.15, 0.2) is 0 Å². The highest BCUT2D eigenvalue weighted by atomic mass is 17.1. The summed E-state index contributed by atoms with van der Waals surface area (Å²) in [5, 5.41) is 47.0. The number of rotatable bonds is 20. The second kappa shape index (κ2) is 18.0. The second-order valence-electron chi connectivity index (χ2n) is 7.40. The van der Waals surface area contributed by atoms with E-state index in [0.717, 1.165) is 0 Å². The number of methoxy groups -OCH3 is 1. The molecule has 0 heterocycles. The average molecular weight is 461 g/mol. The molecule has 8 atom stereocenters. The smallest absolute Gasteiger partial charge is 0.153 e. The maximum atomic E-state index is 9.60. The molecule has 12 heteroatoms. The summed E-state index contributed by atoms with van der Waals surface area (Å²) < 4.78 is 27.8. The van der Waals surface area contributed by atoms with Crippen molar-refractivity contribution in [2.75, 3.05) is 46.8 Å². The third-order valence-electron chi connectivity index (χ3n) is 4.37. The van der Waals surface area contributed by atoms with E-state index in [9.17, 15) is 20.7 Å². The van der Waals surface area contributed by atoms with Gasteiger partial charge in [-0.1, -0.05) is 0 Å². The van der Waals surface area contributed by atoms with Crippen molar-refractivity contribution in [2.45, 2.75) is 76.5 Å². The van der Waals surface area contributed by atoms with E-state index in [2.05, 4.69) is 9.78 Å². The van der Waals surface area contributed by atoms with Crippen LogP contribution < -0.4 is 0 Å². The molecule has 4 unspecified atom stereocenters. The van der Waals surface area contributed by atoms with Gasteiger partial charge >= 0.3 is 0 Å². The van der Waals surface area contributed by atoms with Crippen molar-refractivity contribution in [3.8, 4) is 0 Å². The Morgan fingerprint density at radius 3 is 1.58 bits per heavy atom. The lowest BCUT2D eigenvalue weighted by molar-refractivity contribution is -0.383. The van der Waals surface area contributed by atoms with Crippen molar-refractivity contribution < 1.29 is 59.3 Å². The lowest BCUT2D eigenvalue weighted by atomic mass is 10.0. The van der Waals surface area contributed by atoms with Gasteiger partial charge in [-0.3, -0.25) is 10.5 Å². The monoisotopic (exact) mass is 460 g/mol. The van der Waals surface area contributed by atoms with Crippen molar-refractivity contribution in [3.05, 3.63) is 0 Å². The van der Waals surface area contributed by atoms with Gasteiger partial charge in [0.05, 0.1) is 64.1 Å². The van der Waals surface area contributed by atoms with E-state index in [1.54, 1.807) is 27.7 Å². The molecule has 12 nitrogen and oxygen atoms in total. The van der Waals surface area contributed by atoms with E-state index in [1.807, 2.05) is 0 Å². The Morgan fingerprint density at radius 2 is 1.10 bits per heavy atom. The molecule has 0 spiro atoms. The van der Waals surface area contributed by atoms with Crippen molar-refractivity contribution in [1.82, 2.24) is 0 Å². The molecule has 31 heavy (non-hydrogen) atoms. The zero-order valence-electron chi connectivity index (χ0n) is 19.0. The minimum absolute atomic E-state index is 0.0520. The molecule has 5 N–H and O–H groups in total. The van der Waals surface area contributed by atoms with Gasteiger partial charge in [0.2, 0.25) is 0 Å². The van der Waals surface area contributed by atoms with E-state index in [1.165, 1.54) is 7.11 Å². The average Bonchev–Trinajstić information content (AvgIpc) is 2.77. The lowest BCUT2D eigenvalue weighted by Gasteiger charge is -2.37. The molecule has 0 rings (SSSR count). The van der Waals surface area contributed by atoms with Crippen LogP contribution in [0.25, 0.3) is 0 Å². The van der Waals surface area contributed by atoms with Gasteiger partial charge < -0.3 is 39.0 Å². The highest BCUT2D eigenvalue weighted by Gasteiger charge is 2.41. The first-order valence-corrected chi connectivity index (χ1v) is 10.2. The number of hydrogen-bond acceptors (Lipinski definition) is 12. The van der Waals surface area contributed by atoms with Crippen LogP contribution in [0.3, 0.4) is 0 Å². The summed E-state index contributed by atoms with van der Waals surface area (Å²) >= 11 is 0. The fourth-order valence-electron chi connectivity index (χ4n) is 2.62. The third kappa shape index (κ3) is 12.4. The molecule has 0 aromatic rings. The zero-order valence-corrected chi connectivity index (χ0v) is 19.0. The minimum atomic E-state index is -1.35. The Labute approximate surface area is 183 Å². The topological polar surface area (TPSA) is 166 Å². The van der Waals surface area contributed by atoms with Crippen LogP contribution in [0, 0.1) is 0 Å². The molecule has 0 bridgehead atoms. The highest BCUT2D eigenvalue weighted by molar-refractivity contribution is 4.86. The van der Waals surface area contributed by atoms with Crippen LogP contribution in [0.2, 0.25) is 0 Å². The van der Waals surface area contributed by atoms with Gasteiger partial charge in [-0.2, -0.15) is 0 Å². The molecule has 0 aromatic carbocycles. The summed E-state index contributed by atoms with van der Waals surface area (Å²) in [6.45, 7) is 5.68. The predicted octanol–water partition coefficient (Wildman–Crippen LogP) is -0.316. The van der Waals surface area contributed by atoms with Crippen LogP contribution in [-0.4, -0.2) is 121 Å². The highest BCUT2D eigenvalue weighted by Crippen LogP contribution is 2.21. The van der Waals surface area contributed by atoms with Crippen molar-refractivity contribution in [3.63, 3.8) is 0 Å². The van der Waals surface area contributed by atoms with E-state index in [-0.39, 0.29) is 39.1 Å². The summed E-state index contributed by atoms with van der Waals surface area (Å²) in [6, 6.07) is 0. The SMILES string of the molecule is COCC(C)OC[C@@H](OC(C)CO)[C@@H](OC(C)CO)[C@H](OO)[C@@H](COC(C)CO)OO. The third-order valence-corrected chi connectivity index (χ3v) is 4.37. The van der Waals surface area contributed by atoms with Crippen molar-refractivity contribution >= 4 is 0 Å². The molecular formula is C19H40O12. The van der Waals surface area contributed by atoms with Gasteiger partial charge in [0.15, 0.2) is 6.10 Å². The number of hydrogen-bond donors (Lipinski definition) is 5. The van der Waals surface area contributed by atoms with Crippen LogP contribution >= 0.6 is 0 Å². The molecule has 0 saturated carbocycles. The molecule has 0 radical (unpaired) electrons. The Kier molecular flexibility index (Phi) is 17.7. The van der Waals surface area contributed by atoms with Crippen LogP contribution in [0.4, 0.5) is 0 Å². The normalized spacial score (nSPS) is 19.9. The standard InChI is InChI=1S/C19H40O12/c1-12(6-20)26-11-17(30-23)19(31-24)18(29-14(3)8-22)16(28-13(2)7-21)10-27-15(4)9-25-5/h12-24H,6-11H2,1-5H3/t12?,13?,14?,15?,16-,17-,18-,19-/m1/s1. The summed E-state index contributed by atoms with van der Waals surface area (Å²) in [4.78, 5) is 9.01. The van der Waals surface area contributed by atoms with Gasteiger partial charge in [-0.15, -0.1) is 0 Å². The molecule has 188 valence electrons. The first kappa shape index (κ1) is 30.5. The Morgan fingerprint density at radius 1 is 0.581 bits per heavy atom. The van der Waals surface area contributed by atoms with Gasteiger partial charge in [-0.25, -0.2) is 9.78 Å². The van der Waals surface area contributed by atoms with Crippen LogP contribution in [0.5, 0.6) is 0 Å². The maximum Gasteiger partial charge on any atom is 0.153 e. The Hall–Kier alpha value is -0.480. The molecule has 0 aliphatic heterocycles. The minimum Gasteiger partial charge on any atom is -0.394 e. The first-order chi connectivity index (χ1) is 14.8. The van der Waals surface area contributed by atoms with Gasteiger partial charge in [0.1, 0.15) is 18.3 Å². The molecular weight excluding hydrogens is 420 g/mol. The largest absolute Gasteiger partial charge is 0.394 e. The molecule has 0 aromatic heterocycles. The quantitative estimate of drug-likeness (QED) is 0.119. The van der Waals surface area contributed by atoms with Gasteiger partial charge in [-0.05, 0) is 27.7 Å². The predicted molar refractivity (Wildman–Crippen MR) is 108 cm³/mol. The molecule has 0 saturated heterocycles. The number of ether oxygens (including phenoxy) is 5. The van der Waals surface area contributed by atoms with Crippen LogP contribution in [-0.2, 0) is 33.5 Å². The fourth-order valence-corrected chi connectivity index (χ4v) is 2.62. The summed E-state index contributed by atoms with van der Waals surface area (Å²) in [5.41, 5.74) is 0. The zero-order chi connectivity index (χ0) is 23.8. The maximum absolute atomic E-state index is 9.60. The van der Waals surface area contributed by atoms with E-state index >= 15 is 0 Å². The second-order valence-corrected chi connectivity index (χ2v) is 7.40. The van der Waals surface area contributed by atoms with Crippen molar-refractivity contribution in [2.24, 2.45) is 0 Å². The lowest BCUT2D eigenvalue weighted by Crippen LogP contribution is -2.54. The molecule has 0 amide bonds. The molecule has 0 fully saturated rings. The summed E-state index contributed by atoms with van der Waals surface area (Å²) in [7, 11) is 1.53. The summed E-state index contributed by atoms with van der Waals surface area (Å²) in [6.07, 6.45) is -6.83. The van der Waals surface area contributed by atoms with Crippen molar-refractivity contribution in [1.29, 1.82) is 0 Å². The van der Waals surface area contributed by atoms with E-state index in [0.29, 0.717) is 6.61 Å². The molecule has 0 aliphatic carbocycles. The molecule has 0 aliphatic rings. The Bertz CT molecular complexity index is 415. The summed E-state index contributed by atoms with van der Waals surface area (Å²) in [5.74, 6) is 0. The number of aliphatic hydroxyl groups excluding tert-OH is 3. The first-order valence-electron chi connectivity index (χ1n) is 10.2. The Balaban J connectivity index is 5.72. The number of aliphatic hydroxyl groups is 3. The van der Waals surface area contributed by atoms with E-state index in [4.69, 9.17) is 28.8 Å². The van der Waals surface area contributed by atoms with Crippen LogP contribution in [0.1, 0.15) is 27.7 Å².